The molecule has 0 N–H and O–H groups in total. The Balaban J connectivity index is 2.25. The largest absolute Gasteiger partial charge is 0.299 e. The van der Waals surface area contributed by atoms with Crippen LogP contribution in [0.25, 0.3) is 0 Å². The van der Waals surface area contributed by atoms with Crippen LogP contribution in [-0.2, 0) is 10.2 Å². The second kappa shape index (κ2) is 4.68. The summed E-state index contributed by atoms with van der Waals surface area (Å²) in [5.41, 5.74) is 2.36. The summed E-state index contributed by atoms with van der Waals surface area (Å²) in [5.74, 6) is 0.447. The molecule has 1 aliphatic carbocycles. The quantitative estimate of drug-likeness (QED) is 0.717. The minimum atomic E-state index is -0.141. The maximum absolute atomic E-state index is 12.4. The van der Waals surface area contributed by atoms with Gasteiger partial charge in [0.25, 0.3) is 0 Å². The van der Waals surface area contributed by atoms with Crippen LogP contribution in [0, 0.1) is 6.92 Å². The molecule has 0 radical (unpaired) electrons. The van der Waals surface area contributed by atoms with Crippen LogP contribution in [0.4, 0.5) is 0 Å². The Hall–Kier alpha value is -1.05. The molecule has 0 amide bonds. The van der Waals surface area contributed by atoms with Crippen LogP contribution in [-0.4, -0.2) is 12.5 Å². The fourth-order valence-electron chi connectivity index (χ4n) is 2.70. The lowest BCUT2D eigenvalue weighted by Gasteiger charge is -2.41. The highest BCUT2D eigenvalue weighted by Gasteiger charge is 2.44. The first-order chi connectivity index (χ1) is 8.04. The molecule has 1 saturated carbocycles. The number of carbonyl (C=O) groups excluding carboxylic acids is 1. The predicted octanol–water partition coefficient (Wildman–Crippen LogP) is 3.74. The van der Waals surface area contributed by atoms with Gasteiger partial charge in [0.15, 0.2) is 0 Å². The van der Waals surface area contributed by atoms with Crippen molar-refractivity contribution in [2.24, 2.45) is 0 Å². The van der Waals surface area contributed by atoms with Crippen LogP contribution in [0.1, 0.15) is 30.4 Å². The molecule has 1 fully saturated rings. The first-order valence-electron chi connectivity index (χ1n) is 6.65. The van der Waals surface area contributed by atoms with Gasteiger partial charge in [0.2, 0.25) is 0 Å². The zero-order valence-electron chi connectivity index (χ0n) is 11.1. The number of rotatable bonds is 4. The molecular weight excluding hydrogens is 207 g/mol. The van der Waals surface area contributed by atoms with E-state index in [0.29, 0.717) is 18.8 Å². The highest BCUT2D eigenvalue weighted by molar-refractivity contribution is 6.60. The van der Waals surface area contributed by atoms with Gasteiger partial charge in [-0.1, -0.05) is 49.9 Å². The van der Waals surface area contributed by atoms with Crippen LogP contribution in [0.15, 0.2) is 24.3 Å². The lowest BCUT2D eigenvalue weighted by molar-refractivity contribution is -0.125. The molecule has 0 saturated heterocycles. The third-order valence-corrected chi connectivity index (χ3v) is 3.94. The van der Waals surface area contributed by atoms with E-state index in [0.717, 1.165) is 12.8 Å². The van der Waals surface area contributed by atoms with Crippen molar-refractivity contribution in [1.29, 1.82) is 0 Å². The molecule has 0 heterocycles. The summed E-state index contributed by atoms with van der Waals surface area (Å²) in [5, 5.41) is 0. The van der Waals surface area contributed by atoms with Gasteiger partial charge in [-0.25, -0.2) is 0 Å². The van der Waals surface area contributed by atoms with Gasteiger partial charge in [0.05, 0.1) is 5.41 Å². The van der Waals surface area contributed by atoms with Crippen molar-refractivity contribution in [2.45, 2.75) is 51.6 Å². The van der Waals surface area contributed by atoms with E-state index in [1.165, 1.54) is 17.5 Å². The number of aryl methyl sites for hydroxylation is 1. The molecule has 2 rings (SSSR count). The number of benzene rings is 1. The first-order valence-corrected chi connectivity index (χ1v) is 6.65. The minimum Gasteiger partial charge on any atom is -0.299 e. The van der Waals surface area contributed by atoms with E-state index in [9.17, 15) is 4.79 Å². The molecule has 0 unspecified atom stereocenters. The molecule has 1 aromatic rings. The summed E-state index contributed by atoms with van der Waals surface area (Å²) in [6.45, 7) is 6.80. The normalized spacial score (nSPS) is 17.4. The summed E-state index contributed by atoms with van der Waals surface area (Å²) in [6.07, 6.45) is 3.99. The summed E-state index contributed by atoms with van der Waals surface area (Å²) in [7, 11) is 0. The first kappa shape index (κ1) is 12.4. The molecule has 17 heavy (non-hydrogen) atoms. The van der Waals surface area contributed by atoms with E-state index < -0.39 is 0 Å². The second-order valence-electron chi connectivity index (χ2n) is 5.82. The predicted molar refractivity (Wildman–Crippen MR) is 74.0 cm³/mol. The van der Waals surface area contributed by atoms with Crippen molar-refractivity contribution in [1.82, 2.24) is 0 Å². The van der Waals surface area contributed by atoms with Crippen LogP contribution < -0.4 is 0 Å². The number of ketones is 1. The van der Waals surface area contributed by atoms with Gasteiger partial charge < -0.3 is 0 Å². The topological polar surface area (TPSA) is 17.1 Å². The minimum absolute atomic E-state index is 0.141. The Morgan fingerprint density at radius 2 is 1.82 bits per heavy atom. The molecule has 0 atom stereocenters. The molecule has 1 aliphatic rings. The van der Waals surface area contributed by atoms with E-state index in [1.807, 2.05) is 0 Å². The summed E-state index contributed by atoms with van der Waals surface area (Å²) in [4.78, 5) is 12.4. The zero-order valence-corrected chi connectivity index (χ0v) is 11.1. The maximum Gasteiger partial charge on any atom is 0.142 e. The Bertz CT molecular complexity index is 401. The molecule has 0 aromatic heterocycles. The number of Topliss-reactive ketones (excluding diaryl/α,β-unsaturated/α-hetero) is 1. The standard InChI is InChI=1S/C15H21BO/c1-12-5-7-13(8-6-12)15(9-4-10-15)14(17)11-16(2)3/h5-8H,4,9-11H2,1-3H3. The van der Waals surface area contributed by atoms with Gasteiger partial charge >= 0.3 is 0 Å². The van der Waals surface area contributed by atoms with E-state index in [2.05, 4.69) is 44.8 Å². The number of hydrogen-bond acceptors (Lipinski definition) is 1. The third-order valence-electron chi connectivity index (χ3n) is 3.94. The summed E-state index contributed by atoms with van der Waals surface area (Å²) in [6, 6.07) is 8.54. The molecule has 0 spiro atoms. The van der Waals surface area contributed by atoms with E-state index in [4.69, 9.17) is 0 Å². The zero-order chi connectivity index (χ0) is 12.5. The van der Waals surface area contributed by atoms with Crippen molar-refractivity contribution < 1.29 is 4.79 Å². The lowest BCUT2D eigenvalue weighted by Crippen LogP contribution is -2.43. The second-order valence-corrected chi connectivity index (χ2v) is 5.82. The molecule has 1 aromatic carbocycles. The fourth-order valence-corrected chi connectivity index (χ4v) is 2.70. The van der Waals surface area contributed by atoms with E-state index >= 15 is 0 Å². The average molecular weight is 228 g/mol. The molecule has 0 aliphatic heterocycles. The third kappa shape index (κ3) is 2.31. The van der Waals surface area contributed by atoms with Crippen molar-refractivity contribution >= 4 is 12.5 Å². The fraction of sp³-hybridized carbons (Fsp3) is 0.533. The van der Waals surface area contributed by atoms with Crippen LogP contribution in [0.5, 0.6) is 0 Å². The molecule has 1 nitrogen and oxygen atoms in total. The van der Waals surface area contributed by atoms with Crippen LogP contribution >= 0.6 is 0 Å². The van der Waals surface area contributed by atoms with Gasteiger partial charge in [-0.2, -0.15) is 0 Å². The summed E-state index contributed by atoms with van der Waals surface area (Å²) >= 11 is 0. The summed E-state index contributed by atoms with van der Waals surface area (Å²) < 4.78 is 0. The monoisotopic (exact) mass is 228 g/mol. The van der Waals surface area contributed by atoms with Crippen molar-refractivity contribution in [2.75, 3.05) is 0 Å². The SMILES string of the molecule is CB(C)CC(=O)C1(c2ccc(C)cc2)CCC1. The van der Waals surface area contributed by atoms with E-state index in [-0.39, 0.29) is 5.41 Å². The Labute approximate surface area is 105 Å². The molecular formula is C15H21BO. The van der Waals surface area contributed by atoms with Crippen LogP contribution in [0.2, 0.25) is 20.0 Å². The maximum atomic E-state index is 12.4. The number of hydrogen-bond donors (Lipinski definition) is 0. The van der Waals surface area contributed by atoms with Crippen molar-refractivity contribution in [3.8, 4) is 0 Å². The van der Waals surface area contributed by atoms with Crippen molar-refractivity contribution in [3.05, 3.63) is 35.4 Å². The lowest BCUT2D eigenvalue weighted by atomic mass is 9.47. The van der Waals surface area contributed by atoms with Gasteiger partial charge in [0.1, 0.15) is 12.5 Å². The molecule has 90 valence electrons. The number of carbonyl (C=O) groups is 1. The van der Waals surface area contributed by atoms with Gasteiger partial charge in [0, 0.05) is 0 Å². The Kier molecular flexibility index (Phi) is 3.41. The highest BCUT2D eigenvalue weighted by atomic mass is 16.1. The van der Waals surface area contributed by atoms with E-state index in [1.54, 1.807) is 0 Å². The Morgan fingerprint density at radius 3 is 2.24 bits per heavy atom. The smallest absolute Gasteiger partial charge is 0.142 e. The Morgan fingerprint density at radius 1 is 1.24 bits per heavy atom. The van der Waals surface area contributed by atoms with Crippen LogP contribution in [0.3, 0.4) is 0 Å². The van der Waals surface area contributed by atoms with Crippen molar-refractivity contribution in [3.63, 3.8) is 0 Å². The van der Waals surface area contributed by atoms with Gasteiger partial charge in [-0.05, 0) is 31.6 Å². The highest BCUT2D eigenvalue weighted by Crippen LogP contribution is 2.45. The average Bonchev–Trinajstić information content (AvgIpc) is 2.18. The molecule has 0 bridgehead atoms. The van der Waals surface area contributed by atoms with Gasteiger partial charge in [-0.3, -0.25) is 4.79 Å². The van der Waals surface area contributed by atoms with Gasteiger partial charge in [-0.15, -0.1) is 0 Å². The molecule has 2 heteroatoms.